The van der Waals surface area contributed by atoms with Crippen molar-refractivity contribution in [2.45, 2.75) is 32.6 Å². The van der Waals surface area contributed by atoms with Crippen LogP contribution in [-0.4, -0.2) is 33.5 Å². The van der Waals surface area contributed by atoms with E-state index in [1.54, 1.807) is 24.3 Å². The summed E-state index contributed by atoms with van der Waals surface area (Å²) in [5.41, 5.74) is 0.634. The quantitative estimate of drug-likeness (QED) is 0.750. The Bertz CT molecular complexity index is 553. The second kappa shape index (κ2) is 7.99. The number of amides is 1. The molecule has 1 rings (SSSR count). The van der Waals surface area contributed by atoms with Gasteiger partial charge in [0.2, 0.25) is 15.9 Å². The average molecular weight is 314 g/mol. The highest BCUT2D eigenvalue weighted by molar-refractivity contribution is 7.88. The van der Waals surface area contributed by atoms with Crippen LogP contribution in [0, 0.1) is 0 Å². The summed E-state index contributed by atoms with van der Waals surface area (Å²) in [5, 5.41) is 2.62. The highest BCUT2D eigenvalue weighted by Crippen LogP contribution is 2.13. The smallest absolute Gasteiger partial charge is 0.235 e. The van der Waals surface area contributed by atoms with Crippen molar-refractivity contribution >= 4 is 15.9 Å². The lowest BCUT2D eigenvalue weighted by Gasteiger charge is -2.10. The van der Waals surface area contributed by atoms with E-state index in [2.05, 4.69) is 10.0 Å². The van der Waals surface area contributed by atoms with Crippen LogP contribution < -0.4 is 14.8 Å². The molecule has 0 unspecified atom stereocenters. The first-order valence-electron chi connectivity index (χ1n) is 6.81. The zero-order valence-corrected chi connectivity index (χ0v) is 13.4. The zero-order valence-electron chi connectivity index (χ0n) is 12.5. The first-order chi connectivity index (χ1) is 9.82. The molecule has 0 heterocycles. The summed E-state index contributed by atoms with van der Waals surface area (Å²) in [4.78, 5) is 11.4. The van der Waals surface area contributed by atoms with Crippen LogP contribution >= 0.6 is 0 Å². The molecule has 0 radical (unpaired) electrons. The monoisotopic (exact) mass is 314 g/mol. The Morgan fingerprint density at radius 3 is 2.38 bits per heavy atom. The first kappa shape index (κ1) is 17.5. The topological polar surface area (TPSA) is 84.5 Å². The summed E-state index contributed by atoms with van der Waals surface area (Å²) in [6.07, 6.45) is 0. The zero-order chi connectivity index (χ0) is 15.9. The van der Waals surface area contributed by atoms with Crippen molar-refractivity contribution in [3.63, 3.8) is 0 Å². The third kappa shape index (κ3) is 7.10. The largest absolute Gasteiger partial charge is 0.494 e. The molecule has 0 aliphatic heterocycles. The fourth-order valence-corrected chi connectivity index (χ4v) is 2.75. The van der Waals surface area contributed by atoms with Gasteiger partial charge < -0.3 is 10.1 Å². The van der Waals surface area contributed by atoms with Crippen molar-refractivity contribution in [2.24, 2.45) is 0 Å². The Labute approximate surface area is 125 Å². The molecule has 118 valence electrons. The summed E-state index contributed by atoms with van der Waals surface area (Å²) in [7, 11) is -3.54. The Kier molecular flexibility index (Phi) is 6.64. The number of benzene rings is 1. The van der Waals surface area contributed by atoms with Crippen molar-refractivity contribution in [2.75, 3.05) is 13.2 Å². The van der Waals surface area contributed by atoms with E-state index in [1.807, 2.05) is 20.8 Å². The number of rotatable bonds is 8. The van der Waals surface area contributed by atoms with E-state index >= 15 is 0 Å². The first-order valence-corrected chi connectivity index (χ1v) is 8.46. The highest BCUT2D eigenvalue weighted by atomic mass is 32.2. The van der Waals surface area contributed by atoms with Crippen LogP contribution in [0.1, 0.15) is 26.3 Å². The summed E-state index contributed by atoms with van der Waals surface area (Å²) in [6.45, 7) is 5.81. The average Bonchev–Trinajstić information content (AvgIpc) is 2.38. The molecule has 2 N–H and O–H groups in total. The van der Waals surface area contributed by atoms with E-state index in [1.165, 1.54) is 0 Å². The van der Waals surface area contributed by atoms with Gasteiger partial charge in [0.05, 0.1) is 18.9 Å². The lowest BCUT2D eigenvalue weighted by atomic mass is 10.2. The lowest BCUT2D eigenvalue weighted by molar-refractivity contribution is -0.120. The molecule has 0 aliphatic carbocycles. The molecular weight excluding hydrogens is 292 g/mol. The molecule has 0 aliphatic rings. The van der Waals surface area contributed by atoms with Crippen LogP contribution in [0.15, 0.2) is 24.3 Å². The van der Waals surface area contributed by atoms with Gasteiger partial charge >= 0.3 is 0 Å². The third-order valence-corrected chi connectivity index (χ3v) is 3.79. The SMILES string of the molecule is CCOc1ccc(CS(=O)(=O)NCC(=O)NC(C)C)cc1. The molecule has 0 spiro atoms. The van der Waals surface area contributed by atoms with Crippen molar-refractivity contribution in [1.29, 1.82) is 0 Å². The van der Waals surface area contributed by atoms with Crippen LogP contribution in [-0.2, 0) is 20.6 Å². The molecule has 1 aromatic carbocycles. The maximum Gasteiger partial charge on any atom is 0.235 e. The number of carbonyl (C=O) groups is 1. The normalized spacial score (nSPS) is 11.4. The van der Waals surface area contributed by atoms with E-state index in [9.17, 15) is 13.2 Å². The number of sulfonamides is 1. The molecule has 0 saturated heterocycles. The Morgan fingerprint density at radius 2 is 1.86 bits per heavy atom. The van der Waals surface area contributed by atoms with Gasteiger partial charge in [0.15, 0.2) is 0 Å². The molecule has 21 heavy (non-hydrogen) atoms. The summed E-state index contributed by atoms with van der Waals surface area (Å²) in [5.74, 6) is 0.178. The standard InChI is InChI=1S/C14H22N2O4S/c1-4-20-13-7-5-12(6-8-13)10-21(18,19)15-9-14(17)16-11(2)3/h5-8,11,15H,4,9-10H2,1-3H3,(H,16,17). The van der Waals surface area contributed by atoms with Crippen molar-refractivity contribution in [1.82, 2.24) is 10.0 Å². The fraction of sp³-hybridized carbons (Fsp3) is 0.500. The van der Waals surface area contributed by atoms with Gasteiger partial charge in [-0.1, -0.05) is 12.1 Å². The van der Waals surface area contributed by atoms with Gasteiger partial charge in [-0.3, -0.25) is 4.79 Å². The lowest BCUT2D eigenvalue weighted by Crippen LogP contribution is -2.40. The minimum Gasteiger partial charge on any atom is -0.494 e. The van der Waals surface area contributed by atoms with Gasteiger partial charge in [-0.2, -0.15) is 0 Å². The number of hydrogen-bond donors (Lipinski definition) is 2. The maximum absolute atomic E-state index is 11.9. The predicted molar refractivity (Wildman–Crippen MR) is 81.5 cm³/mol. The molecule has 0 atom stereocenters. The highest BCUT2D eigenvalue weighted by Gasteiger charge is 2.13. The summed E-state index contributed by atoms with van der Waals surface area (Å²) in [6, 6.07) is 6.81. The molecule has 1 aromatic rings. The van der Waals surface area contributed by atoms with E-state index < -0.39 is 10.0 Å². The van der Waals surface area contributed by atoms with Crippen LogP contribution in [0.4, 0.5) is 0 Å². The van der Waals surface area contributed by atoms with Crippen LogP contribution in [0.3, 0.4) is 0 Å². The maximum atomic E-state index is 11.9. The molecule has 6 nitrogen and oxygen atoms in total. The molecule has 7 heteroatoms. The molecular formula is C14H22N2O4S. The molecule has 1 amide bonds. The van der Waals surface area contributed by atoms with Crippen molar-refractivity contribution in [3.8, 4) is 5.75 Å². The van der Waals surface area contributed by atoms with Crippen LogP contribution in [0.25, 0.3) is 0 Å². The second-order valence-electron chi connectivity index (χ2n) is 4.88. The minimum atomic E-state index is -3.54. The summed E-state index contributed by atoms with van der Waals surface area (Å²) >= 11 is 0. The Morgan fingerprint density at radius 1 is 1.24 bits per heavy atom. The number of nitrogens with one attached hydrogen (secondary N) is 2. The molecule has 0 saturated carbocycles. The molecule has 0 bridgehead atoms. The van der Waals surface area contributed by atoms with Gasteiger partial charge in [-0.05, 0) is 38.5 Å². The fourth-order valence-electron chi connectivity index (χ4n) is 1.67. The molecule has 0 aromatic heterocycles. The number of hydrogen-bond acceptors (Lipinski definition) is 4. The van der Waals surface area contributed by atoms with E-state index in [0.29, 0.717) is 17.9 Å². The number of carbonyl (C=O) groups excluding carboxylic acids is 1. The Balaban J connectivity index is 2.53. The Hall–Kier alpha value is -1.60. The van der Waals surface area contributed by atoms with Crippen molar-refractivity contribution < 1.29 is 17.9 Å². The molecule has 0 fully saturated rings. The van der Waals surface area contributed by atoms with Crippen LogP contribution in [0.5, 0.6) is 5.75 Å². The van der Waals surface area contributed by atoms with Gasteiger partial charge in [0.1, 0.15) is 5.75 Å². The van der Waals surface area contributed by atoms with Gasteiger partial charge in [-0.25, -0.2) is 13.1 Å². The van der Waals surface area contributed by atoms with Gasteiger partial charge in [-0.15, -0.1) is 0 Å². The third-order valence-electron chi connectivity index (χ3n) is 2.49. The van der Waals surface area contributed by atoms with E-state index in [-0.39, 0.29) is 24.2 Å². The predicted octanol–water partition coefficient (Wildman–Crippen LogP) is 1.03. The second-order valence-corrected chi connectivity index (χ2v) is 6.69. The van der Waals surface area contributed by atoms with Gasteiger partial charge in [0, 0.05) is 6.04 Å². The van der Waals surface area contributed by atoms with Crippen molar-refractivity contribution in [3.05, 3.63) is 29.8 Å². The van der Waals surface area contributed by atoms with Gasteiger partial charge in [0.25, 0.3) is 0 Å². The van der Waals surface area contributed by atoms with E-state index in [0.717, 1.165) is 0 Å². The van der Waals surface area contributed by atoms with Crippen LogP contribution in [0.2, 0.25) is 0 Å². The van der Waals surface area contributed by atoms with E-state index in [4.69, 9.17) is 4.74 Å². The summed E-state index contributed by atoms with van der Waals surface area (Å²) < 4.78 is 31.3. The minimum absolute atomic E-state index is 0.0203. The number of ether oxygens (including phenoxy) is 1.